The van der Waals surface area contributed by atoms with E-state index in [0.717, 1.165) is 37.3 Å². The summed E-state index contributed by atoms with van der Waals surface area (Å²) < 4.78 is 9.51. The minimum absolute atomic E-state index is 0.126. The van der Waals surface area contributed by atoms with Gasteiger partial charge in [0.25, 0.3) is 0 Å². The summed E-state index contributed by atoms with van der Waals surface area (Å²) in [6.45, 7) is 7.64. The molecular formula is C25H30N6O2. The summed E-state index contributed by atoms with van der Waals surface area (Å²) in [7, 11) is 1.95. The Labute approximate surface area is 193 Å². The molecule has 6 rings (SSSR count). The van der Waals surface area contributed by atoms with Gasteiger partial charge in [-0.2, -0.15) is 10.2 Å². The topological polar surface area (TPSA) is 68.4 Å². The van der Waals surface area contributed by atoms with Crippen LogP contribution < -0.4 is 4.90 Å². The zero-order valence-electron chi connectivity index (χ0n) is 19.5. The number of hydrogen-bond donors (Lipinski definition) is 0. The smallest absolute Gasteiger partial charge is 0.219 e. The predicted octanol–water partition coefficient (Wildman–Crippen LogP) is 3.40. The maximum absolute atomic E-state index is 12.2. The van der Waals surface area contributed by atoms with Crippen LogP contribution in [-0.4, -0.2) is 56.7 Å². The first-order valence-electron chi connectivity index (χ1n) is 11.9. The van der Waals surface area contributed by atoms with Crippen LogP contribution in [0.2, 0.25) is 0 Å². The van der Waals surface area contributed by atoms with E-state index in [2.05, 4.69) is 46.0 Å². The minimum atomic E-state index is 0.126. The summed E-state index contributed by atoms with van der Waals surface area (Å²) >= 11 is 0. The van der Waals surface area contributed by atoms with Gasteiger partial charge in [-0.1, -0.05) is 13.0 Å². The highest BCUT2D eigenvalue weighted by molar-refractivity contribution is 5.77. The summed E-state index contributed by atoms with van der Waals surface area (Å²) in [5, 5.41) is 9.49. The number of aryl methyl sites for hydroxylation is 1. The van der Waals surface area contributed by atoms with E-state index in [0.29, 0.717) is 31.7 Å². The summed E-state index contributed by atoms with van der Waals surface area (Å²) in [6, 6.07) is 7.04. The van der Waals surface area contributed by atoms with Crippen molar-refractivity contribution in [2.45, 2.75) is 45.2 Å². The molecule has 1 amide bonds. The lowest BCUT2D eigenvalue weighted by Crippen LogP contribution is -2.37. The van der Waals surface area contributed by atoms with Crippen LogP contribution in [0.1, 0.15) is 49.0 Å². The third-order valence-electron chi connectivity index (χ3n) is 7.42. The van der Waals surface area contributed by atoms with Gasteiger partial charge in [0, 0.05) is 68.1 Å². The van der Waals surface area contributed by atoms with Crippen LogP contribution in [0.4, 0.5) is 11.5 Å². The predicted molar refractivity (Wildman–Crippen MR) is 126 cm³/mol. The first-order valence-corrected chi connectivity index (χ1v) is 11.9. The largest absolute Gasteiger partial charge is 0.377 e. The fraction of sp³-hybridized carbons (Fsp3) is 0.480. The van der Waals surface area contributed by atoms with Crippen LogP contribution in [0.25, 0.3) is 11.1 Å². The summed E-state index contributed by atoms with van der Waals surface area (Å²) in [5.41, 5.74) is 7.40. The minimum Gasteiger partial charge on any atom is -0.377 e. The van der Waals surface area contributed by atoms with E-state index in [1.54, 1.807) is 6.92 Å². The van der Waals surface area contributed by atoms with Gasteiger partial charge in [-0.3, -0.25) is 14.2 Å². The van der Waals surface area contributed by atoms with Gasteiger partial charge in [-0.25, -0.2) is 0 Å². The molecule has 2 aromatic heterocycles. The Morgan fingerprint density at radius 2 is 2.09 bits per heavy atom. The standard InChI is InChI=1S/C25H30N6O2/c1-4-17-12-30(23-6-5-18(9-21(17)23)19-10-26-28(3)11-19)25-22-13-29(16(2)32)8-7-24(22)31(27-25)20-14-33-15-20/h5-6,9-11,17,20H,4,7-8,12-15H2,1-3H3. The molecule has 0 aliphatic carbocycles. The molecule has 8 heteroatoms. The fourth-order valence-corrected chi connectivity index (χ4v) is 5.42. The van der Waals surface area contributed by atoms with E-state index in [1.165, 1.54) is 28.1 Å². The van der Waals surface area contributed by atoms with Gasteiger partial charge in [0.05, 0.1) is 32.0 Å². The average Bonchev–Trinajstić information content (AvgIpc) is 3.47. The number of ether oxygens (including phenoxy) is 1. The third-order valence-corrected chi connectivity index (χ3v) is 7.42. The molecule has 0 bridgehead atoms. The van der Waals surface area contributed by atoms with Gasteiger partial charge in [-0.05, 0) is 29.7 Å². The van der Waals surface area contributed by atoms with Crippen LogP contribution in [0, 0.1) is 0 Å². The third kappa shape index (κ3) is 3.27. The van der Waals surface area contributed by atoms with Gasteiger partial charge in [0.15, 0.2) is 5.82 Å². The average molecular weight is 447 g/mol. The normalized spacial score (nSPS) is 20.0. The number of anilines is 2. The highest BCUT2D eigenvalue weighted by atomic mass is 16.5. The Hall–Kier alpha value is -3.13. The zero-order chi connectivity index (χ0) is 22.7. The molecule has 33 heavy (non-hydrogen) atoms. The van der Waals surface area contributed by atoms with Crippen molar-refractivity contribution in [1.82, 2.24) is 24.5 Å². The molecular weight excluding hydrogens is 416 g/mol. The van der Waals surface area contributed by atoms with Gasteiger partial charge in [0.1, 0.15) is 0 Å². The van der Waals surface area contributed by atoms with E-state index in [4.69, 9.17) is 9.84 Å². The molecule has 1 unspecified atom stereocenters. The van der Waals surface area contributed by atoms with Gasteiger partial charge in [-0.15, -0.1) is 0 Å². The molecule has 1 atom stereocenters. The molecule has 8 nitrogen and oxygen atoms in total. The molecule has 1 aromatic carbocycles. The molecule has 1 saturated heterocycles. The number of carbonyl (C=O) groups excluding carboxylic acids is 1. The molecule has 0 radical (unpaired) electrons. The first kappa shape index (κ1) is 20.5. The second kappa shape index (κ2) is 7.73. The number of hydrogen-bond acceptors (Lipinski definition) is 5. The van der Waals surface area contributed by atoms with E-state index in [9.17, 15) is 4.79 Å². The monoisotopic (exact) mass is 446 g/mol. The maximum Gasteiger partial charge on any atom is 0.219 e. The Morgan fingerprint density at radius 1 is 1.24 bits per heavy atom. The maximum atomic E-state index is 12.2. The number of amides is 1. The van der Waals surface area contributed by atoms with Crippen molar-refractivity contribution in [3.8, 4) is 11.1 Å². The zero-order valence-corrected chi connectivity index (χ0v) is 19.5. The molecule has 3 aliphatic rings. The lowest BCUT2D eigenvalue weighted by Gasteiger charge is -2.31. The van der Waals surface area contributed by atoms with Crippen molar-refractivity contribution in [3.63, 3.8) is 0 Å². The number of aromatic nitrogens is 4. The van der Waals surface area contributed by atoms with E-state index >= 15 is 0 Å². The molecule has 1 fully saturated rings. The summed E-state index contributed by atoms with van der Waals surface area (Å²) in [6.07, 6.45) is 5.89. The molecule has 172 valence electrons. The van der Waals surface area contributed by atoms with Crippen molar-refractivity contribution in [2.75, 3.05) is 31.2 Å². The van der Waals surface area contributed by atoms with Crippen LogP contribution in [0.3, 0.4) is 0 Å². The van der Waals surface area contributed by atoms with Crippen LogP contribution >= 0.6 is 0 Å². The van der Waals surface area contributed by atoms with Crippen molar-refractivity contribution in [1.29, 1.82) is 0 Å². The molecule has 0 N–H and O–H groups in total. The molecule has 5 heterocycles. The number of carbonyl (C=O) groups is 1. The van der Waals surface area contributed by atoms with E-state index in [-0.39, 0.29) is 5.91 Å². The van der Waals surface area contributed by atoms with Crippen molar-refractivity contribution < 1.29 is 9.53 Å². The van der Waals surface area contributed by atoms with Crippen molar-refractivity contribution >= 4 is 17.4 Å². The molecule has 3 aliphatic heterocycles. The molecule has 3 aromatic rings. The quantitative estimate of drug-likeness (QED) is 0.614. The number of rotatable bonds is 4. The summed E-state index contributed by atoms with van der Waals surface area (Å²) in [5.74, 6) is 1.58. The molecule has 0 spiro atoms. The SMILES string of the molecule is CCC1CN(c2nn(C3COC3)c3c2CN(C(C)=O)CC3)c2ccc(-c3cnn(C)c3)cc21. The Balaban J connectivity index is 1.43. The van der Waals surface area contributed by atoms with Crippen LogP contribution in [0.5, 0.6) is 0 Å². The van der Waals surface area contributed by atoms with E-state index < -0.39 is 0 Å². The lowest BCUT2D eigenvalue weighted by molar-refractivity contribution is -0.129. The number of fused-ring (bicyclic) bond motifs is 2. The Bertz CT molecular complexity index is 1220. The van der Waals surface area contributed by atoms with Crippen LogP contribution in [-0.2, 0) is 29.5 Å². The lowest BCUT2D eigenvalue weighted by atomic mass is 9.95. The fourth-order valence-electron chi connectivity index (χ4n) is 5.42. The van der Waals surface area contributed by atoms with E-state index in [1.807, 2.05) is 22.8 Å². The second-order valence-electron chi connectivity index (χ2n) is 9.47. The Morgan fingerprint density at radius 3 is 2.76 bits per heavy atom. The highest BCUT2D eigenvalue weighted by Crippen LogP contribution is 2.46. The van der Waals surface area contributed by atoms with Crippen molar-refractivity contribution in [3.05, 3.63) is 47.4 Å². The highest BCUT2D eigenvalue weighted by Gasteiger charge is 2.37. The van der Waals surface area contributed by atoms with Gasteiger partial charge in [0.2, 0.25) is 5.91 Å². The van der Waals surface area contributed by atoms with Gasteiger partial charge >= 0.3 is 0 Å². The van der Waals surface area contributed by atoms with Gasteiger partial charge < -0.3 is 14.5 Å². The number of benzene rings is 1. The second-order valence-corrected chi connectivity index (χ2v) is 9.47. The number of nitrogens with zero attached hydrogens (tertiary/aromatic N) is 6. The Kier molecular flexibility index (Phi) is 4.79. The van der Waals surface area contributed by atoms with Crippen molar-refractivity contribution in [2.24, 2.45) is 7.05 Å². The summed E-state index contributed by atoms with van der Waals surface area (Å²) in [4.78, 5) is 16.5. The van der Waals surface area contributed by atoms with Crippen LogP contribution in [0.15, 0.2) is 30.6 Å². The molecule has 0 saturated carbocycles. The first-order chi connectivity index (χ1) is 16.0.